The van der Waals surface area contributed by atoms with Gasteiger partial charge in [-0.15, -0.1) is 5.10 Å². The second-order valence-electron chi connectivity index (χ2n) is 2.77. The van der Waals surface area contributed by atoms with Gasteiger partial charge in [-0.3, -0.25) is 0 Å². The Bertz CT molecular complexity index is 200. The van der Waals surface area contributed by atoms with Crippen molar-refractivity contribution < 1.29 is 0 Å². The van der Waals surface area contributed by atoms with Crippen LogP contribution in [0.15, 0.2) is 12.4 Å². The smallest absolute Gasteiger partial charge is 0.0693 e. The number of aromatic nitrogens is 3. The molecule has 0 radical (unpaired) electrons. The van der Waals surface area contributed by atoms with E-state index in [1.54, 1.807) is 6.20 Å². The van der Waals surface area contributed by atoms with Crippen LogP contribution >= 0.6 is 0 Å². The van der Waals surface area contributed by atoms with Gasteiger partial charge in [-0.2, -0.15) is 0 Å². The van der Waals surface area contributed by atoms with Gasteiger partial charge in [0, 0.05) is 12.2 Å². The Hall–Kier alpha value is -0.900. The van der Waals surface area contributed by atoms with Gasteiger partial charge in [0.05, 0.1) is 12.2 Å². The third kappa shape index (κ3) is 0.806. The summed E-state index contributed by atoms with van der Waals surface area (Å²) in [5.41, 5.74) is 5.61. The Balaban J connectivity index is 2.04. The molecule has 1 fully saturated rings. The van der Waals surface area contributed by atoms with E-state index in [0.29, 0.717) is 12.1 Å². The Morgan fingerprint density at radius 2 is 2.30 bits per heavy atom. The van der Waals surface area contributed by atoms with E-state index in [1.165, 1.54) is 0 Å². The van der Waals surface area contributed by atoms with E-state index in [2.05, 4.69) is 10.3 Å². The van der Waals surface area contributed by atoms with Crippen LogP contribution in [0.2, 0.25) is 0 Å². The molecule has 1 aliphatic rings. The summed E-state index contributed by atoms with van der Waals surface area (Å²) in [6, 6.07) is 0.895. The van der Waals surface area contributed by atoms with Gasteiger partial charge in [-0.25, -0.2) is 4.68 Å². The molecule has 54 valence electrons. The molecule has 1 heterocycles. The van der Waals surface area contributed by atoms with E-state index in [-0.39, 0.29) is 0 Å². The summed E-state index contributed by atoms with van der Waals surface area (Å²) in [5, 5.41) is 7.61. The maximum atomic E-state index is 5.61. The van der Waals surface area contributed by atoms with E-state index in [1.807, 2.05) is 10.9 Å². The van der Waals surface area contributed by atoms with Crippen molar-refractivity contribution in [1.29, 1.82) is 0 Å². The molecular formula is C6H10N4. The number of hydrogen-bond acceptors (Lipinski definition) is 3. The quantitative estimate of drug-likeness (QED) is 0.591. The molecule has 0 bridgehead atoms. The highest BCUT2D eigenvalue weighted by Crippen LogP contribution is 2.29. The van der Waals surface area contributed by atoms with E-state index in [9.17, 15) is 0 Å². The van der Waals surface area contributed by atoms with Crippen LogP contribution in [0.3, 0.4) is 0 Å². The number of nitrogens with zero attached hydrogens (tertiary/aromatic N) is 3. The van der Waals surface area contributed by atoms with E-state index < -0.39 is 0 Å². The standard InChI is InChI=1S/C6H10N4/c7-5-3-6(4-5)10-2-1-8-9-10/h1-2,5-6H,3-4,7H2/t5-,6+. The lowest BCUT2D eigenvalue weighted by Crippen LogP contribution is -2.37. The van der Waals surface area contributed by atoms with E-state index >= 15 is 0 Å². The Labute approximate surface area is 59.0 Å². The van der Waals surface area contributed by atoms with Crippen molar-refractivity contribution in [3.8, 4) is 0 Å². The van der Waals surface area contributed by atoms with Gasteiger partial charge in [0.25, 0.3) is 0 Å². The summed E-state index contributed by atoms with van der Waals surface area (Å²) in [6.45, 7) is 0. The molecule has 1 aromatic rings. The summed E-state index contributed by atoms with van der Waals surface area (Å²) in [7, 11) is 0. The third-order valence-electron chi connectivity index (χ3n) is 1.96. The van der Waals surface area contributed by atoms with E-state index in [0.717, 1.165) is 12.8 Å². The van der Waals surface area contributed by atoms with Crippen LogP contribution in [-0.2, 0) is 0 Å². The number of nitrogens with two attached hydrogens (primary N) is 1. The van der Waals surface area contributed by atoms with Crippen LogP contribution in [0.5, 0.6) is 0 Å². The third-order valence-corrected chi connectivity index (χ3v) is 1.96. The Kier molecular flexibility index (Phi) is 1.20. The molecule has 1 aromatic heterocycles. The van der Waals surface area contributed by atoms with Gasteiger partial charge in [-0.1, -0.05) is 5.21 Å². The van der Waals surface area contributed by atoms with Crippen molar-refractivity contribution in [1.82, 2.24) is 15.0 Å². The second kappa shape index (κ2) is 2.05. The highest BCUT2D eigenvalue weighted by Gasteiger charge is 2.27. The molecule has 0 atom stereocenters. The van der Waals surface area contributed by atoms with Crippen molar-refractivity contribution in [3.63, 3.8) is 0 Å². The number of hydrogen-bond donors (Lipinski definition) is 1. The molecule has 0 amide bonds. The molecule has 0 aromatic carbocycles. The van der Waals surface area contributed by atoms with Crippen LogP contribution in [0.25, 0.3) is 0 Å². The molecular weight excluding hydrogens is 128 g/mol. The molecule has 2 N–H and O–H groups in total. The molecule has 0 aliphatic heterocycles. The second-order valence-corrected chi connectivity index (χ2v) is 2.77. The molecule has 0 saturated heterocycles. The summed E-state index contributed by atoms with van der Waals surface area (Å²) in [4.78, 5) is 0. The van der Waals surface area contributed by atoms with Crippen molar-refractivity contribution in [2.45, 2.75) is 24.9 Å². The Morgan fingerprint density at radius 1 is 1.50 bits per heavy atom. The SMILES string of the molecule is N[C@H]1C[C@@H](n2ccnn2)C1. The van der Waals surface area contributed by atoms with Crippen LogP contribution in [0.1, 0.15) is 18.9 Å². The highest BCUT2D eigenvalue weighted by molar-refractivity contribution is 4.87. The topological polar surface area (TPSA) is 56.7 Å². The summed E-state index contributed by atoms with van der Waals surface area (Å²) < 4.78 is 1.88. The van der Waals surface area contributed by atoms with Crippen LogP contribution in [0.4, 0.5) is 0 Å². The summed E-state index contributed by atoms with van der Waals surface area (Å²) in [6.07, 6.45) is 5.67. The molecule has 0 spiro atoms. The monoisotopic (exact) mass is 138 g/mol. The largest absolute Gasteiger partial charge is 0.328 e. The lowest BCUT2D eigenvalue weighted by molar-refractivity contribution is 0.243. The van der Waals surface area contributed by atoms with Gasteiger partial charge in [0.15, 0.2) is 0 Å². The molecule has 2 rings (SSSR count). The fraction of sp³-hybridized carbons (Fsp3) is 0.667. The molecule has 1 saturated carbocycles. The average molecular weight is 138 g/mol. The summed E-state index contributed by atoms with van der Waals surface area (Å²) >= 11 is 0. The first-order valence-corrected chi connectivity index (χ1v) is 3.47. The van der Waals surface area contributed by atoms with Gasteiger partial charge >= 0.3 is 0 Å². The first-order chi connectivity index (χ1) is 4.86. The van der Waals surface area contributed by atoms with Crippen LogP contribution in [0, 0.1) is 0 Å². The zero-order valence-corrected chi connectivity index (χ0v) is 5.64. The van der Waals surface area contributed by atoms with Crippen LogP contribution in [-0.4, -0.2) is 21.0 Å². The lowest BCUT2D eigenvalue weighted by Gasteiger charge is -2.31. The van der Waals surface area contributed by atoms with Crippen LogP contribution < -0.4 is 5.73 Å². The zero-order chi connectivity index (χ0) is 6.97. The maximum absolute atomic E-state index is 5.61. The summed E-state index contributed by atoms with van der Waals surface area (Å²) in [5.74, 6) is 0. The van der Waals surface area contributed by atoms with Crippen molar-refractivity contribution in [3.05, 3.63) is 12.4 Å². The maximum Gasteiger partial charge on any atom is 0.0693 e. The van der Waals surface area contributed by atoms with Gasteiger partial charge < -0.3 is 5.73 Å². The fourth-order valence-corrected chi connectivity index (χ4v) is 1.26. The minimum atomic E-state index is 0.384. The number of rotatable bonds is 1. The average Bonchev–Trinajstić information content (AvgIpc) is 2.31. The van der Waals surface area contributed by atoms with Gasteiger partial charge in [-0.05, 0) is 12.8 Å². The van der Waals surface area contributed by atoms with E-state index in [4.69, 9.17) is 5.73 Å². The van der Waals surface area contributed by atoms with Crippen molar-refractivity contribution in [2.24, 2.45) is 5.73 Å². The lowest BCUT2D eigenvalue weighted by atomic mass is 9.88. The molecule has 0 unspecified atom stereocenters. The molecule has 4 heteroatoms. The highest BCUT2D eigenvalue weighted by atomic mass is 15.4. The van der Waals surface area contributed by atoms with Crippen molar-refractivity contribution >= 4 is 0 Å². The predicted octanol–water partition coefficient (Wildman–Crippen LogP) is -0.0597. The van der Waals surface area contributed by atoms with Gasteiger partial charge in [0.2, 0.25) is 0 Å². The molecule has 1 aliphatic carbocycles. The first-order valence-electron chi connectivity index (χ1n) is 3.47. The minimum Gasteiger partial charge on any atom is -0.328 e. The first kappa shape index (κ1) is 5.85. The normalized spacial score (nSPS) is 31.7. The predicted molar refractivity (Wildman–Crippen MR) is 36.3 cm³/mol. The van der Waals surface area contributed by atoms with Gasteiger partial charge in [0.1, 0.15) is 0 Å². The Morgan fingerprint density at radius 3 is 2.80 bits per heavy atom. The fourth-order valence-electron chi connectivity index (χ4n) is 1.26. The van der Waals surface area contributed by atoms with Crippen molar-refractivity contribution in [2.75, 3.05) is 0 Å². The zero-order valence-electron chi connectivity index (χ0n) is 5.64. The molecule has 10 heavy (non-hydrogen) atoms. The minimum absolute atomic E-state index is 0.384. The molecule has 4 nitrogen and oxygen atoms in total.